The molecule has 0 bridgehead atoms. The number of carbonyl (C=O) groups excluding carboxylic acids is 2. The zero-order valence-corrected chi connectivity index (χ0v) is 14.9. The largest absolute Gasteiger partial charge is 0.454 e. The Hall–Kier alpha value is -2.30. The van der Waals surface area contributed by atoms with Gasteiger partial charge in [-0.3, -0.25) is 4.79 Å². The van der Waals surface area contributed by atoms with Crippen LogP contribution in [0.15, 0.2) is 11.4 Å². The fourth-order valence-electron chi connectivity index (χ4n) is 2.10. The molecule has 8 heteroatoms. The molecule has 2 heterocycles. The van der Waals surface area contributed by atoms with Gasteiger partial charge in [-0.15, -0.1) is 11.3 Å². The molecule has 0 N–H and O–H groups in total. The van der Waals surface area contributed by atoms with E-state index in [0.29, 0.717) is 16.3 Å². The lowest BCUT2D eigenvalue weighted by Crippen LogP contribution is -2.20. The van der Waals surface area contributed by atoms with Gasteiger partial charge < -0.3 is 4.74 Å². The minimum Gasteiger partial charge on any atom is -0.454 e. The molecule has 0 aliphatic heterocycles. The van der Waals surface area contributed by atoms with Crippen LogP contribution < -0.4 is 0 Å². The Morgan fingerprint density at radius 1 is 1.33 bits per heavy atom. The minimum absolute atomic E-state index is 0.0253. The smallest absolute Gasteiger partial charge is 0.341 e. The molecule has 0 aliphatic carbocycles. The van der Waals surface area contributed by atoms with Gasteiger partial charge in [0.1, 0.15) is 10.2 Å². The highest BCUT2D eigenvalue weighted by atomic mass is 35.5. The zero-order chi connectivity index (χ0) is 17.9. The van der Waals surface area contributed by atoms with Crippen LogP contribution in [0.2, 0.25) is 5.15 Å². The van der Waals surface area contributed by atoms with E-state index in [4.69, 9.17) is 16.3 Å². The Kier molecular flexibility index (Phi) is 5.65. The van der Waals surface area contributed by atoms with Gasteiger partial charge in [0.05, 0.1) is 11.6 Å². The summed E-state index contributed by atoms with van der Waals surface area (Å²) in [6.07, 6.45) is 0. The number of nitriles is 1. The number of ketones is 1. The second-order valence-corrected chi connectivity index (χ2v) is 6.43. The molecule has 0 aromatic carbocycles. The number of halogens is 1. The molecule has 2 aromatic heterocycles. The number of hydrogen-bond donors (Lipinski definition) is 0. The van der Waals surface area contributed by atoms with Crippen molar-refractivity contribution in [2.45, 2.75) is 26.7 Å². The zero-order valence-electron chi connectivity index (χ0n) is 13.3. The predicted octanol–water partition coefficient (Wildman–Crippen LogP) is 3.15. The molecular weight excluding hydrogens is 350 g/mol. The number of rotatable bonds is 5. The molecule has 24 heavy (non-hydrogen) atoms. The van der Waals surface area contributed by atoms with Crippen LogP contribution in [0.25, 0.3) is 0 Å². The first-order valence-corrected chi connectivity index (χ1v) is 8.24. The first-order chi connectivity index (χ1) is 11.3. The van der Waals surface area contributed by atoms with Crippen molar-refractivity contribution in [1.29, 1.82) is 5.26 Å². The van der Waals surface area contributed by atoms with E-state index in [2.05, 4.69) is 9.97 Å². The number of pyridine rings is 1. The first-order valence-electron chi connectivity index (χ1n) is 6.98. The fraction of sp³-hybridized carbons (Fsp3) is 0.312. The lowest BCUT2D eigenvalue weighted by molar-refractivity contribution is -0.122. The standard InChI is InChI=1S/C16H14ClN3O3S/c1-8-4-9(2)19-14(17)13(8)16(22)23-6-12(21)11(5-18)15-20-10(3)7-24-15/h4,7,11H,6H2,1-3H3/t11-/m1/s1. The summed E-state index contributed by atoms with van der Waals surface area (Å²) >= 11 is 7.20. The maximum absolute atomic E-state index is 12.2. The number of Topliss-reactive ketones (excluding diaryl/α,β-unsaturated/α-hetero) is 1. The van der Waals surface area contributed by atoms with E-state index in [9.17, 15) is 14.9 Å². The monoisotopic (exact) mass is 363 g/mol. The number of aromatic nitrogens is 2. The fourth-order valence-corrected chi connectivity index (χ4v) is 3.32. The highest BCUT2D eigenvalue weighted by Gasteiger charge is 2.25. The van der Waals surface area contributed by atoms with Gasteiger partial charge in [-0.1, -0.05) is 11.6 Å². The van der Waals surface area contributed by atoms with Crippen molar-refractivity contribution in [1.82, 2.24) is 9.97 Å². The highest BCUT2D eigenvalue weighted by Crippen LogP contribution is 2.22. The summed E-state index contributed by atoms with van der Waals surface area (Å²) in [4.78, 5) is 32.5. The molecule has 2 aromatic rings. The molecule has 0 spiro atoms. The van der Waals surface area contributed by atoms with Crippen LogP contribution in [0.3, 0.4) is 0 Å². The van der Waals surface area contributed by atoms with Crippen LogP contribution >= 0.6 is 22.9 Å². The van der Waals surface area contributed by atoms with E-state index < -0.39 is 24.3 Å². The summed E-state index contributed by atoms with van der Waals surface area (Å²) in [5.41, 5.74) is 2.13. The van der Waals surface area contributed by atoms with E-state index in [-0.39, 0.29) is 10.7 Å². The van der Waals surface area contributed by atoms with Crippen molar-refractivity contribution in [3.05, 3.63) is 44.1 Å². The Morgan fingerprint density at radius 3 is 2.58 bits per heavy atom. The molecule has 0 saturated carbocycles. The number of aryl methyl sites for hydroxylation is 3. The molecule has 1 atom stereocenters. The number of thiazole rings is 1. The van der Waals surface area contributed by atoms with Gasteiger partial charge in [-0.25, -0.2) is 14.8 Å². The van der Waals surface area contributed by atoms with Gasteiger partial charge in [0.2, 0.25) is 0 Å². The molecule has 0 aliphatic rings. The number of nitrogens with zero attached hydrogens (tertiary/aromatic N) is 3. The van der Waals surface area contributed by atoms with E-state index in [1.807, 2.05) is 6.07 Å². The third-order valence-corrected chi connectivity index (χ3v) is 4.49. The maximum Gasteiger partial charge on any atom is 0.341 e. The van der Waals surface area contributed by atoms with Crippen molar-refractivity contribution in [3.8, 4) is 6.07 Å². The third-order valence-electron chi connectivity index (χ3n) is 3.18. The number of hydrogen-bond acceptors (Lipinski definition) is 7. The minimum atomic E-state index is -1.05. The van der Waals surface area contributed by atoms with Crippen LogP contribution in [0.4, 0.5) is 0 Å². The summed E-state index contributed by atoms with van der Waals surface area (Å²) in [5, 5.41) is 11.4. The topological polar surface area (TPSA) is 92.9 Å². The number of carbonyl (C=O) groups is 2. The number of esters is 1. The molecule has 0 saturated heterocycles. The van der Waals surface area contributed by atoms with Crippen molar-refractivity contribution in [2.24, 2.45) is 0 Å². The van der Waals surface area contributed by atoms with Crippen LogP contribution in [0.5, 0.6) is 0 Å². The van der Waals surface area contributed by atoms with Crippen LogP contribution in [0, 0.1) is 32.1 Å². The molecule has 0 amide bonds. The molecule has 0 radical (unpaired) electrons. The van der Waals surface area contributed by atoms with E-state index in [1.54, 1.807) is 32.2 Å². The molecular formula is C16H14ClN3O3S. The van der Waals surface area contributed by atoms with Crippen molar-refractivity contribution in [3.63, 3.8) is 0 Å². The van der Waals surface area contributed by atoms with Crippen LogP contribution in [-0.2, 0) is 9.53 Å². The second kappa shape index (κ2) is 7.51. The second-order valence-electron chi connectivity index (χ2n) is 5.18. The van der Waals surface area contributed by atoms with Crippen molar-refractivity contribution < 1.29 is 14.3 Å². The van der Waals surface area contributed by atoms with Gasteiger partial charge >= 0.3 is 5.97 Å². The van der Waals surface area contributed by atoms with E-state index in [1.165, 1.54) is 11.3 Å². The highest BCUT2D eigenvalue weighted by molar-refractivity contribution is 7.09. The van der Waals surface area contributed by atoms with Gasteiger partial charge in [0.25, 0.3) is 0 Å². The Labute approximate surface area is 148 Å². The lowest BCUT2D eigenvalue weighted by atomic mass is 10.1. The van der Waals surface area contributed by atoms with Crippen molar-refractivity contribution in [2.75, 3.05) is 6.61 Å². The van der Waals surface area contributed by atoms with Crippen LogP contribution in [-0.4, -0.2) is 28.3 Å². The van der Waals surface area contributed by atoms with E-state index in [0.717, 1.165) is 5.69 Å². The maximum atomic E-state index is 12.2. The SMILES string of the molecule is Cc1csc([C@H](C#N)C(=O)COC(=O)c2c(C)cc(C)nc2Cl)n1. The molecule has 0 fully saturated rings. The Bertz CT molecular complexity index is 818. The lowest BCUT2D eigenvalue weighted by Gasteiger charge is -2.10. The summed E-state index contributed by atoms with van der Waals surface area (Å²) in [6, 6.07) is 3.59. The average Bonchev–Trinajstić information content (AvgIpc) is 2.91. The molecule has 6 nitrogen and oxygen atoms in total. The molecule has 124 valence electrons. The van der Waals surface area contributed by atoms with Gasteiger partial charge in [0, 0.05) is 16.8 Å². The normalized spacial score (nSPS) is 11.6. The Morgan fingerprint density at radius 2 is 2.04 bits per heavy atom. The van der Waals surface area contributed by atoms with Gasteiger partial charge in [-0.2, -0.15) is 5.26 Å². The van der Waals surface area contributed by atoms with E-state index >= 15 is 0 Å². The summed E-state index contributed by atoms with van der Waals surface area (Å²) in [5.74, 6) is -2.33. The summed E-state index contributed by atoms with van der Waals surface area (Å²) < 4.78 is 5.02. The van der Waals surface area contributed by atoms with Crippen LogP contribution in [0.1, 0.15) is 38.2 Å². The quantitative estimate of drug-likeness (QED) is 0.598. The van der Waals surface area contributed by atoms with Gasteiger partial charge in [0.15, 0.2) is 18.3 Å². The third kappa shape index (κ3) is 3.96. The van der Waals surface area contributed by atoms with Crippen molar-refractivity contribution >= 4 is 34.7 Å². The van der Waals surface area contributed by atoms with Gasteiger partial charge in [-0.05, 0) is 32.4 Å². The molecule has 2 rings (SSSR count). The molecule has 0 unspecified atom stereocenters. The predicted molar refractivity (Wildman–Crippen MR) is 89.2 cm³/mol. The average molecular weight is 364 g/mol. The summed E-state index contributed by atoms with van der Waals surface area (Å²) in [7, 11) is 0. The Balaban J connectivity index is 2.09. The summed E-state index contributed by atoms with van der Waals surface area (Å²) in [6.45, 7) is 4.70. The number of ether oxygens (including phenoxy) is 1. The first kappa shape index (κ1) is 18.0.